The van der Waals surface area contributed by atoms with Crippen LogP contribution in [0.2, 0.25) is 0 Å². The Hall–Kier alpha value is -2.90. The van der Waals surface area contributed by atoms with E-state index in [9.17, 15) is 19.2 Å². The molecule has 0 spiro atoms. The Kier molecular flexibility index (Phi) is 6.72. The molecule has 0 bridgehead atoms. The van der Waals surface area contributed by atoms with Gasteiger partial charge in [0.2, 0.25) is 5.91 Å². The Bertz CT molecular complexity index is 614. The zero-order valence-electron chi connectivity index (χ0n) is 12.3. The Morgan fingerprint density at radius 1 is 1.09 bits per heavy atom. The van der Waals surface area contributed by atoms with Gasteiger partial charge in [0, 0.05) is 30.5 Å². The van der Waals surface area contributed by atoms with E-state index in [4.69, 9.17) is 15.9 Å². The second kappa shape index (κ2) is 8.52. The molecule has 8 nitrogen and oxygen atoms in total. The summed E-state index contributed by atoms with van der Waals surface area (Å²) in [4.78, 5) is 45.3. The third-order valence-corrected chi connectivity index (χ3v) is 3.08. The highest BCUT2D eigenvalue weighted by Gasteiger charge is 2.24. The molecule has 8 heteroatoms. The number of aliphatic carboxylic acids is 2. The van der Waals surface area contributed by atoms with Gasteiger partial charge in [-0.05, 0) is 18.6 Å². The van der Waals surface area contributed by atoms with Gasteiger partial charge in [0.15, 0.2) is 5.78 Å². The summed E-state index contributed by atoms with van der Waals surface area (Å²) in [6.45, 7) is 0. The average molecular weight is 322 g/mol. The molecule has 0 aromatic heterocycles. The molecule has 1 amide bonds. The molecule has 0 fully saturated rings. The highest BCUT2D eigenvalue weighted by molar-refractivity contribution is 6.03. The van der Waals surface area contributed by atoms with Gasteiger partial charge in [0.05, 0.1) is 0 Å². The summed E-state index contributed by atoms with van der Waals surface area (Å²) >= 11 is 0. The Balaban J connectivity index is 2.63. The molecule has 1 unspecified atom stereocenters. The number of nitrogens with one attached hydrogen (secondary N) is 1. The van der Waals surface area contributed by atoms with Crippen LogP contribution in [0.1, 0.15) is 36.0 Å². The molecule has 1 aromatic carbocycles. The minimum Gasteiger partial charge on any atom is -0.481 e. The topological polar surface area (TPSA) is 147 Å². The van der Waals surface area contributed by atoms with Crippen LogP contribution in [0.5, 0.6) is 0 Å². The smallest absolute Gasteiger partial charge is 0.326 e. The van der Waals surface area contributed by atoms with E-state index in [0.29, 0.717) is 0 Å². The Morgan fingerprint density at radius 3 is 2.30 bits per heavy atom. The number of rotatable bonds is 9. The van der Waals surface area contributed by atoms with E-state index in [0.717, 1.165) is 0 Å². The SMILES string of the molecule is Nc1ccccc1C(=O)CC(NC(=O)CCCC(=O)O)C(=O)O. The van der Waals surface area contributed by atoms with Crippen LogP contribution in [0.3, 0.4) is 0 Å². The number of hydrogen-bond donors (Lipinski definition) is 4. The maximum absolute atomic E-state index is 12.1. The largest absolute Gasteiger partial charge is 0.481 e. The van der Waals surface area contributed by atoms with E-state index in [1.54, 1.807) is 12.1 Å². The number of carboxylic acid groups (broad SMARTS) is 2. The van der Waals surface area contributed by atoms with Crippen LogP contribution in [0.4, 0.5) is 5.69 Å². The number of benzene rings is 1. The number of nitrogen functional groups attached to an aromatic ring is 1. The second-order valence-electron chi connectivity index (χ2n) is 4.92. The number of carbonyl (C=O) groups excluding carboxylic acids is 2. The number of carbonyl (C=O) groups is 4. The predicted octanol–water partition coefficient (Wildman–Crippen LogP) is 0.666. The Labute approximate surface area is 132 Å². The summed E-state index contributed by atoms with van der Waals surface area (Å²) in [6.07, 6.45) is -0.663. The van der Waals surface area contributed by atoms with Gasteiger partial charge in [0.25, 0.3) is 0 Å². The molecule has 0 saturated carbocycles. The highest BCUT2D eigenvalue weighted by atomic mass is 16.4. The summed E-state index contributed by atoms with van der Waals surface area (Å²) in [5.74, 6) is -3.50. The van der Waals surface area contributed by atoms with Gasteiger partial charge < -0.3 is 21.3 Å². The van der Waals surface area contributed by atoms with E-state index < -0.39 is 36.1 Å². The van der Waals surface area contributed by atoms with Crippen LogP contribution in [-0.4, -0.2) is 39.9 Å². The first-order valence-corrected chi connectivity index (χ1v) is 6.93. The first kappa shape index (κ1) is 18.1. The molecule has 1 atom stereocenters. The van der Waals surface area contributed by atoms with Crippen molar-refractivity contribution < 1.29 is 29.4 Å². The lowest BCUT2D eigenvalue weighted by molar-refractivity contribution is -0.142. The number of carboxylic acids is 2. The van der Waals surface area contributed by atoms with Gasteiger partial charge in [0.1, 0.15) is 6.04 Å². The highest BCUT2D eigenvalue weighted by Crippen LogP contribution is 2.14. The molecule has 0 heterocycles. The van der Waals surface area contributed by atoms with Crippen molar-refractivity contribution >= 4 is 29.3 Å². The van der Waals surface area contributed by atoms with Crippen molar-refractivity contribution in [1.82, 2.24) is 5.32 Å². The van der Waals surface area contributed by atoms with Gasteiger partial charge in [-0.25, -0.2) is 4.79 Å². The van der Waals surface area contributed by atoms with Crippen LogP contribution in [0, 0.1) is 0 Å². The summed E-state index contributed by atoms with van der Waals surface area (Å²) in [7, 11) is 0. The third kappa shape index (κ3) is 6.16. The number of hydrogen-bond acceptors (Lipinski definition) is 5. The number of anilines is 1. The molecule has 124 valence electrons. The maximum atomic E-state index is 12.1. The standard InChI is InChI=1S/C15H18N2O6/c16-10-5-2-1-4-9(10)12(18)8-11(15(22)23)17-13(19)6-3-7-14(20)21/h1-2,4-5,11H,3,6-8,16H2,(H,17,19)(H,20,21)(H,22,23). The molecule has 1 aromatic rings. The molecule has 0 aliphatic rings. The molecule has 0 aliphatic heterocycles. The van der Waals surface area contributed by atoms with Crippen molar-refractivity contribution in [3.05, 3.63) is 29.8 Å². The molecule has 0 radical (unpaired) electrons. The fraction of sp³-hybridized carbons (Fsp3) is 0.333. The van der Waals surface area contributed by atoms with E-state index >= 15 is 0 Å². The zero-order chi connectivity index (χ0) is 17.4. The van der Waals surface area contributed by atoms with Crippen molar-refractivity contribution in [3.63, 3.8) is 0 Å². The molecule has 23 heavy (non-hydrogen) atoms. The first-order valence-electron chi connectivity index (χ1n) is 6.93. The van der Waals surface area contributed by atoms with E-state index in [1.807, 2.05) is 0 Å². The van der Waals surface area contributed by atoms with Crippen molar-refractivity contribution in [2.75, 3.05) is 5.73 Å². The summed E-state index contributed by atoms with van der Waals surface area (Å²) < 4.78 is 0. The first-order chi connectivity index (χ1) is 10.8. The van der Waals surface area contributed by atoms with Crippen LogP contribution < -0.4 is 11.1 Å². The third-order valence-electron chi connectivity index (χ3n) is 3.08. The number of ketones is 1. The fourth-order valence-electron chi connectivity index (χ4n) is 1.91. The maximum Gasteiger partial charge on any atom is 0.326 e. The van der Waals surface area contributed by atoms with Crippen LogP contribution in [0.15, 0.2) is 24.3 Å². The molecular formula is C15H18N2O6. The summed E-state index contributed by atoms with van der Waals surface area (Å²) in [5, 5.41) is 19.8. The van der Waals surface area contributed by atoms with Crippen molar-refractivity contribution in [2.45, 2.75) is 31.7 Å². The van der Waals surface area contributed by atoms with Gasteiger partial charge in [-0.1, -0.05) is 12.1 Å². The summed E-state index contributed by atoms with van der Waals surface area (Å²) in [6, 6.07) is 4.85. The minimum absolute atomic E-state index is 0.0904. The van der Waals surface area contributed by atoms with Crippen molar-refractivity contribution in [2.24, 2.45) is 0 Å². The number of para-hydroxylation sites is 1. The molecule has 0 saturated heterocycles. The average Bonchev–Trinajstić information content (AvgIpc) is 2.46. The molecule has 1 rings (SSSR count). The lowest BCUT2D eigenvalue weighted by atomic mass is 10.0. The fourth-order valence-corrected chi connectivity index (χ4v) is 1.91. The van der Waals surface area contributed by atoms with Gasteiger partial charge in [-0.15, -0.1) is 0 Å². The lowest BCUT2D eigenvalue weighted by Gasteiger charge is -2.14. The zero-order valence-corrected chi connectivity index (χ0v) is 12.3. The van der Waals surface area contributed by atoms with Crippen LogP contribution in [0.25, 0.3) is 0 Å². The number of nitrogens with two attached hydrogens (primary N) is 1. The number of Topliss-reactive ketones (excluding diaryl/α,β-unsaturated/α-hetero) is 1. The van der Waals surface area contributed by atoms with Crippen molar-refractivity contribution in [3.8, 4) is 0 Å². The Morgan fingerprint density at radius 2 is 1.74 bits per heavy atom. The van der Waals surface area contributed by atoms with Gasteiger partial charge in [-0.3, -0.25) is 14.4 Å². The van der Waals surface area contributed by atoms with E-state index in [-0.39, 0.29) is 30.5 Å². The van der Waals surface area contributed by atoms with Crippen LogP contribution >= 0.6 is 0 Å². The molecular weight excluding hydrogens is 304 g/mol. The van der Waals surface area contributed by atoms with E-state index in [2.05, 4.69) is 5.32 Å². The summed E-state index contributed by atoms with van der Waals surface area (Å²) in [5.41, 5.74) is 6.08. The lowest BCUT2D eigenvalue weighted by Crippen LogP contribution is -2.42. The van der Waals surface area contributed by atoms with Crippen molar-refractivity contribution in [1.29, 1.82) is 0 Å². The molecule has 5 N–H and O–H groups in total. The van der Waals surface area contributed by atoms with Crippen LogP contribution in [-0.2, 0) is 14.4 Å². The quantitative estimate of drug-likeness (QED) is 0.386. The minimum atomic E-state index is -1.39. The predicted molar refractivity (Wildman–Crippen MR) is 80.9 cm³/mol. The van der Waals surface area contributed by atoms with Gasteiger partial charge >= 0.3 is 11.9 Å². The number of amides is 1. The van der Waals surface area contributed by atoms with Gasteiger partial charge in [-0.2, -0.15) is 0 Å². The molecule has 0 aliphatic carbocycles. The normalized spacial score (nSPS) is 11.5. The van der Waals surface area contributed by atoms with E-state index in [1.165, 1.54) is 12.1 Å². The monoisotopic (exact) mass is 322 g/mol. The second-order valence-corrected chi connectivity index (χ2v) is 4.92.